The maximum absolute atomic E-state index is 13.3. The first-order chi connectivity index (χ1) is 16.7. The Labute approximate surface area is 202 Å². The van der Waals surface area contributed by atoms with Crippen LogP contribution in [0.5, 0.6) is 11.5 Å². The molecule has 35 heavy (non-hydrogen) atoms. The lowest BCUT2D eigenvalue weighted by molar-refractivity contribution is -0.138. The van der Waals surface area contributed by atoms with Crippen molar-refractivity contribution in [2.24, 2.45) is 0 Å². The van der Waals surface area contributed by atoms with Crippen LogP contribution in [0.3, 0.4) is 0 Å². The summed E-state index contributed by atoms with van der Waals surface area (Å²) in [5.41, 5.74) is 1.94. The second-order valence-corrected chi connectivity index (χ2v) is 8.17. The molecule has 0 fully saturated rings. The lowest BCUT2D eigenvalue weighted by Crippen LogP contribution is -2.17. The fraction of sp³-hybridized carbons (Fsp3) is 0.333. The Morgan fingerprint density at radius 3 is 2.54 bits per heavy atom. The van der Waals surface area contributed by atoms with E-state index in [-0.39, 0.29) is 18.1 Å². The van der Waals surface area contributed by atoms with Crippen LogP contribution < -0.4 is 9.47 Å². The van der Waals surface area contributed by atoms with Crippen molar-refractivity contribution in [3.05, 3.63) is 77.5 Å². The molecule has 0 aliphatic heterocycles. The predicted molar refractivity (Wildman–Crippen MR) is 127 cm³/mol. The van der Waals surface area contributed by atoms with Gasteiger partial charge in [-0.15, -0.1) is 0 Å². The number of carboxylic acids is 1. The SMILES string of the molecule is CCc1cc(OCC[C@@H](C)Oc2ccc(C(F)(F)F)cc2-c2ccccn2)ccc1CCC(=O)O. The highest BCUT2D eigenvalue weighted by Crippen LogP contribution is 2.37. The van der Waals surface area contributed by atoms with E-state index in [2.05, 4.69) is 4.98 Å². The number of nitrogens with zero attached hydrogens (tertiary/aromatic N) is 1. The Hall–Kier alpha value is -3.55. The van der Waals surface area contributed by atoms with E-state index < -0.39 is 17.7 Å². The molecule has 0 radical (unpaired) electrons. The molecule has 0 aliphatic carbocycles. The molecule has 0 saturated heterocycles. The largest absolute Gasteiger partial charge is 0.493 e. The van der Waals surface area contributed by atoms with Gasteiger partial charge in [0.15, 0.2) is 0 Å². The van der Waals surface area contributed by atoms with Crippen molar-refractivity contribution < 1.29 is 32.5 Å². The van der Waals surface area contributed by atoms with Crippen molar-refractivity contribution in [1.82, 2.24) is 4.98 Å². The van der Waals surface area contributed by atoms with Crippen LogP contribution in [-0.2, 0) is 23.8 Å². The van der Waals surface area contributed by atoms with E-state index in [1.54, 1.807) is 18.2 Å². The minimum Gasteiger partial charge on any atom is -0.493 e. The van der Waals surface area contributed by atoms with Crippen molar-refractivity contribution >= 4 is 5.97 Å². The molecule has 0 amide bonds. The second-order valence-electron chi connectivity index (χ2n) is 8.17. The van der Waals surface area contributed by atoms with Crippen LogP contribution in [0, 0.1) is 0 Å². The van der Waals surface area contributed by atoms with Gasteiger partial charge in [-0.25, -0.2) is 0 Å². The molecule has 0 saturated carbocycles. The molecule has 0 unspecified atom stereocenters. The van der Waals surface area contributed by atoms with Gasteiger partial charge in [0, 0.05) is 24.6 Å². The summed E-state index contributed by atoms with van der Waals surface area (Å²) in [6, 6.07) is 14.0. The number of carboxylic acid groups (broad SMARTS) is 1. The molecule has 0 aliphatic rings. The Balaban J connectivity index is 1.65. The van der Waals surface area contributed by atoms with E-state index >= 15 is 0 Å². The Bertz CT molecular complexity index is 1130. The molecule has 1 N–H and O–H groups in total. The van der Waals surface area contributed by atoms with Gasteiger partial charge in [0.25, 0.3) is 0 Å². The number of aliphatic carboxylic acids is 1. The zero-order chi connectivity index (χ0) is 25.4. The summed E-state index contributed by atoms with van der Waals surface area (Å²) in [7, 11) is 0. The van der Waals surface area contributed by atoms with Gasteiger partial charge < -0.3 is 14.6 Å². The summed E-state index contributed by atoms with van der Waals surface area (Å²) in [5.74, 6) is 0.165. The quantitative estimate of drug-likeness (QED) is 0.331. The summed E-state index contributed by atoms with van der Waals surface area (Å²) < 4.78 is 51.6. The van der Waals surface area contributed by atoms with Crippen molar-refractivity contribution in [3.63, 3.8) is 0 Å². The number of rotatable bonds is 11. The van der Waals surface area contributed by atoms with E-state index in [4.69, 9.17) is 14.6 Å². The van der Waals surface area contributed by atoms with Gasteiger partial charge >= 0.3 is 12.1 Å². The maximum atomic E-state index is 13.3. The van der Waals surface area contributed by atoms with E-state index in [9.17, 15) is 18.0 Å². The number of hydrogen-bond donors (Lipinski definition) is 1. The zero-order valence-corrected chi connectivity index (χ0v) is 19.6. The summed E-state index contributed by atoms with van der Waals surface area (Å²) in [4.78, 5) is 15.0. The van der Waals surface area contributed by atoms with Crippen LogP contribution in [0.15, 0.2) is 60.8 Å². The average Bonchev–Trinajstić information content (AvgIpc) is 2.83. The first-order valence-electron chi connectivity index (χ1n) is 11.4. The lowest BCUT2D eigenvalue weighted by atomic mass is 10.0. The molecule has 3 aromatic rings. The third kappa shape index (κ3) is 7.47. The fourth-order valence-electron chi connectivity index (χ4n) is 3.66. The molecule has 1 aromatic heterocycles. The summed E-state index contributed by atoms with van der Waals surface area (Å²) >= 11 is 0. The zero-order valence-electron chi connectivity index (χ0n) is 19.6. The van der Waals surface area contributed by atoms with Crippen LogP contribution in [0.1, 0.15) is 43.4 Å². The van der Waals surface area contributed by atoms with Gasteiger partial charge in [-0.05, 0) is 73.4 Å². The third-order valence-electron chi connectivity index (χ3n) is 5.54. The monoisotopic (exact) mass is 487 g/mol. The molecule has 2 aromatic carbocycles. The predicted octanol–water partition coefficient (Wildman–Crippen LogP) is 6.58. The van der Waals surface area contributed by atoms with Crippen LogP contribution in [-0.4, -0.2) is 28.8 Å². The highest BCUT2D eigenvalue weighted by molar-refractivity contribution is 5.68. The molecule has 0 spiro atoms. The van der Waals surface area contributed by atoms with E-state index in [1.165, 1.54) is 12.3 Å². The van der Waals surface area contributed by atoms with E-state index in [0.29, 0.717) is 36.6 Å². The number of pyridine rings is 1. The van der Waals surface area contributed by atoms with Crippen molar-refractivity contribution in [2.45, 2.75) is 51.8 Å². The summed E-state index contributed by atoms with van der Waals surface area (Å²) in [6.45, 7) is 4.18. The number of hydrogen-bond acceptors (Lipinski definition) is 4. The topological polar surface area (TPSA) is 68.7 Å². The highest BCUT2D eigenvalue weighted by atomic mass is 19.4. The van der Waals surface area contributed by atoms with Crippen molar-refractivity contribution in [2.75, 3.05) is 6.61 Å². The van der Waals surface area contributed by atoms with Gasteiger partial charge in [-0.3, -0.25) is 9.78 Å². The average molecular weight is 488 g/mol. The van der Waals surface area contributed by atoms with Gasteiger partial charge in [-0.2, -0.15) is 13.2 Å². The third-order valence-corrected chi connectivity index (χ3v) is 5.54. The molecule has 0 bridgehead atoms. The number of alkyl halides is 3. The Kier molecular flexibility index (Phi) is 8.73. The molecule has 8 heteroatoms. The molecule has 1 atom stereocenters. The molecule has 186 valence electrons. The number of aryl methyl sites for hydroxylation is 2. The van der Waals surface area contributed by atoms with Crippen LogP contribution in [0.25, 0.3) is 11.3 Å². The van der Waals surface area contributed by atoms with Gasteiger partial charge in [0.1, 0.15) is 11.5 Å². The smallest absolute Gasteiger partial charge is 0.416 e. The standard InChI is InChI=1S/C27H28F3NO4/c1-3-19-16-22(10-7-20(19)8-12-26(32)33)34-15-13-18(2)35-25-11-9-21(27(28,29)30)17-23(25)24-6-4-5-14-31-24/h4-7,9-11,14,16-18H,3,8,12-13,15H2,1-2H3,(H,32,33)/t18-/m1/s1. The van der Waals surface area contributed by atoms with Crippen LogP contribution >= 0.6 is 0 Å². The van der Waals surface area contributed by atoms with E-state index in [0.717, 1.165) is 29.7 Å². The van der Waals surface area contributed by atoms with Crippen LogP contribution in [0.2, 0.25) is 0 Å². The lowest BCUT2D eigenvalue weighted by Gasteiger charge is -2.19. The van der Waals surface area contributed by atoms with Gasteiger partial charge in [-0.1, -0.05) is 19.1 Å². The first kappa shape index (κ1) is 26.1. The molecule has 5 nitrogen and oxygen atoms in total. The molecule has 3 rings (SSSR count). The van der Waals surface area contributed by atoms with Crippen molar-refractivity contribution in [3.8, 4) is 22.8 Å². The summed E-state index contributed by atoms with van der Waals surface area (Å²) in [5, 5.41) is 8.91. The number of halogens is 3. The number of ether oxygens (including phenoxy) is 2. The second kappa shape index (κ2) is 11.7. The molecular formula is C27H28F3NO4. The van der Waals surface area contributed by atoms with Crippen LogP contribution in [0.4, 0.5) is 13.2 Å². The highest BCUT2D eigenvalue weighted by Gasteiger charge is 2.31. The van der Waals surface area contributed by atoms with Crippen molar-refractivity contribution in [1.29, 1.82) is 0 Å². The number of carbonyl (C=O) groups is 1. The minimum absolute atomic E-state index is 0.0759. The normalized spacial score (nSPS) is 12.3. The maximum Gasteiger partial charge on any atom is 0.416 e. The summed E-state index contributed by atoms with van der Waals surface area (Å²) in [6.07, 6.45) is -1.46. The Morgan fingerprint density at radius 1 is 1.09 bits per heavy atom. The van der Waals surface area contributed by atoms with Gasteiger partial charge in [0.2, 0.25) is 0 Å². The fourth-order valence-corrected chi connectivity index (χ4v) is 3.66. The van der Waals surface area contributed by atoms with Gasteiger partial charge in [0.05, 0.1) is 24.0 Å². The molecular weight excluding hydrogens is 459 g/mol. The minimum atomic E-state index is -4.47. The van der Waals surface area contributed by atoms with E-state index in [1.807, 2.05) is 32.0 Å². The Morgan fingerprint density at radius 2 is 1.89 bits per heavy atom. The molecule has 1 heterocycles. The number of aromatic nitrogens is 1. The number of benzene rings is 2. The first-order valence-corrected chi connectivity index (χ1v) is 11.4.